The monoisotopic (exact) mass is 534 g/mol. The second-order valence-corrected chi connectivity index (χ2v) is 12.3. The molecule has 3 fully saturated rings. The number of ether oxygens (including phenoxy) is 1. The number of aliphatic hydroxyl groups is 2. The molecule has 9 nitrogen and oxygen atoms in total. The zero-order chi connectivity index (χ0) is 25.7. The molecule has 3 aliphatic heterocycles. The predicted molar refractivity (Wildman–Crippen MR) is 141 cm³/mol. The van der Waals surface area contributed by atoms with E-state index in [0.717, 1.165) is 55.6 Å². The van der Waals surface area contributed by atoms with E-state index in [2.05, 4.69) is 24.8 Å². The van der Waals surface area contributed by atoms with Gasteiger partial charge in [0.2, 0.25) is 0 Å². The van der Waals surface area contributed by atoms with Crippen LogP contribution in [0.1, 0.15) is 39.3 Å². The minimum atomic E-state index is -0.697. The van der Waals surface area contributed by atoms with Crippen LogP contribution in [-0.2, 0) is 11.3 Å². The Bertz CT molecular complexity index is 1100. The smallest absolute Gasteiger partial charge is 0.152 e. The highest BCUT2D eigenvalue weighted by Crippen LogP contribution is 2.42. The Balaban J connectivity index is 1.24. The van der Waals surface area contributed by atoms with Crippen molar-refractivity contribution >= 4 is 35.0 Å². The molecule has 0 radical (unpaired) electrons. The molecule has 0 saturated carbocycles. The maximum absolute atomic E-state index is 10.2. The Morgan fingerprint density at radius 2 is 1.94 bits per heavy atom. The zero-order valence-electron chi connectivity index (χ0n) is 21.0. The van der Waals surface area contributed by atoms with Crippen molar-refractivity contribution in [3.05, 3.63) is 29.2 Å². The molecule has 0 aromatic carbocycles. The molecule has 0 bridgehead atoms. The Kier molecular flexibility index (Phi) is 7.12. The van der Waals surface area contributed by atoms with E-state index in [9.17, 15) is 10.2 Å². The SMILES string of the molecule is C[C@@H]1OCC2(CCN(c3ncc(Sc4ccc(N5CC(C(C)(C)O)C5)nc4Cl)nc3CO)CC2)[C@@H]1N. The van der Waals surface area contributed by atoms with Gasteiger partial charge in [0.15, 0.2) is 5.82 Å². The number of piperidine rings is 1. The molecule has 2 atom stereocenters. The highest BCUT2D eigenvalue weighted by Gasteiger charge is 2.47. The first kappa shape index (κ1) is 25.9. The highest BCUT2D eigenvalue weighted by molar-refractivity contribution is 7.99. The van der Waals surface area contributed by atoms with Crippen LogP contribution in [0.2, 0.25) is 5.15 Å². The van der Waals surface area contributed by atoms with Crippen LogP contribution in [0.15, 0.2) is 28.3 Å². The topological polar surface area (TPSA) is 121 Å². The summed E-state index contributed by atoms with van der Waals surface area (Å²) in [7, 11) is 0. The van der Waals surface area contributed by atoms with Crippen molar-refractivity contribution in [1.82, 2.24) is 15.0 Å². The molecule has 0 aliphatic carbocycles. The van der Waals surface area contributed by atoms with E-state index in [0.29, 0.717) is 22.5 Å². The van der Waals surface area contributed by atoms with Gasteiger partial charge in [0, 0.05) is 43.6 Å². The maximum Gasteiger partial charge on any atom is 0.152 e. The molecule has 3 saturated heterocycles. The fourth-order valence-electron chi connectivity index (χ4n) is 5.35. The molecule has 3 aliphatic rings. The molecule has 5 heterocycles. The van der Waals surface area contributed by atoms with Crippen molar-refractivity contribution in [2.24, 2.45) is 17.1 Å². The Morgan fingerprint density at radius 1 is 1.22 bits per heavy atom. The fourth-order valence-corrected chi connectivity index (χ4v) is 6.37. The minimum Gasteiger partial charge on any atom is -0.390 e. The Hall–Kier alpha value is -1.69. The van der Waals surface area contributed by atoms with Crippen LogP contribution in [0.4, 0.5) is 11.6 Å². The van der Waals surface area contributed by atoms with Gasteiger partial charge in [0.1, 0.15) is 21.7 Å². The lowest BCUT2D eigenvalue weighted by Gasteiger charge is -2.45. The summed E-state index contributed by atoms with van der Waals surface area (Å²) in [6.45, 7) is 9.35. The maximum atomic E-state index is 10.2. The molecule has 2 aromatic rings. The van der Waals surface area contributed by atoms with Crippen molar-refractivity contribution in [3.8, 4) is 0 Å². The van der Waals surface area contributed by atoms with E-state index in [1.165, 1.54) is 11.8 Å². The number of aliphatic hydroxyl groups excluding tert-OH is 1. The van der Waals surface area contributed by atoms with Gasteiger partial charge in [0.05, 0.1) is 36.0 Å². The largest absolute Gasteiger partial charge is 0.390 e. The van der Waals surface area contributed by atoms with E-state index in [1.54, 1.807) is 6.20 Å². The number of nitrogens with two attached hydrogens (primary N) is 1. The number of anilines is 2. The van der Waals surface area contributed by atoms with Crippen molar-refractivity contribution < 1.29 is 14.9 Å². The van der Waals surface area contributed by atoms with Crippen molar-refractivity contribution in [1.29, 1.82) is 0 Å². The molecule has 0 amide bonds. The van der Waals surface area contributed by atoms with Crippen LogP contribution < -0.4 is 15.5 Å². The first-order valence-corrected chi connectivity index (χ1v) is 13.7. The molecule has 1 spiro atoms. The van der Waals surface area contributed by atoms with Crippen molar-refractivity contribution in [2.75, 3.05) is 42.6 Å². The molecule has 36 heavy (non-hydrogen) atoms. The molecular weight excluding hydrogens is 500 g/mol. The summed E-state index contributed by atoms with van der Waals surface area (Å²) in [5.74, 6) is 1.73. The van der Waals surface area contributed by atoms with Gasteiger partial charge in [-0.1, -0.05) is 23.4 Å². The molecule has 11 heteroatoms. The Morgan fingerprint density at radius 3 is 2.53 bits per heavy atom. The quantitative estimate of drug-likeness (QED) is 0.477. The number of pyridine rings is 1. The van der Waals surface area contributed by atoms with Gasteiger partial charge in [-0.15, -0.1) is 0 Å². The summed E-state index contributed by atoms with van der Waals surface area (Å²) in [4.78, 5) is 19.0. The van der Waals surface area contributed by atoms with Gasteiger partial charge in [-0.05, 0) is 45.7 Å². The lowest BCUT2D eigenvalue weighted by atomic mass is 9.73. The van der Waals surface area contributed by atoms with E-state index in [4.69, 9.17) is 22.1 Å². The molecule has 5 rings (SSSR count). The first-order valence-electron chi connectivity index (χ1n) is 12.5. The molecule has 2 aromatic heterocycles. The first-order chi connectivity index (χ1) is 17.1. The second-order valence-electron chi connectivity index (χ2n) is 10.8. The van der Waals surface area contributed by atoms with Gasteiger partial charge in [-0.2, -0.15) is 0 Å². The number of halogens is 1. The standard InChI is InChI=1S/C25H35ClN6O3S/c1-15-21(27)25(14-35-15)6-8-31(9-7-25)23-17(13-33)29-20(10-28-23)36-18-4-5-19(30-22(18)26)32-11-16(12-32)24(2,3)34/h4-5,10,15-16,21,33-34H,6-9,11-14,27H2,1-3H3/t15-,21+/m0/s1. The summed E-state index contributed by atoms with van der Waals surface area (Å²) in [6, 6.07) is 3.92. The van der Waals surface area contributed by atoms with Crippen molar-refractivity contribution in [2.45, 2.75) is 67.9 Å². The summed E-state index contributed by atoms with van der Waals surface area (Å²) in [5.41, 5.74) is 6.33. The third-order valence-corrected chi connectivity index (χ3v) is 9.43. The molecule has 4 N–H and O–H groups in total. The second kappa shape index (κ2) is 9.89. The lowest BCUT2D eigenvalue weighted by Crippen LogP contribution is -2.56. The fraction of sp³-hybridized carbons (Fsp3) is 0.640. The third-order valence-electron chi connectivity index (χ3n) is 8.07. The van der Waals surface area contributed by atoms with Crippen LogP contribution in [0.5, 0.6) is 0 Å². The van der Waals surface area contributed by atoms with Crippen LogP contribution in [0.25, 0.3) is 0 Å². The van der Waals surface area contributed by atoms with Crippen LogP contribution in [-0.4, -0.2) is 75.7 Å². The third kappa shape index (κ3) is 4.91. The molecule has 196 valence electrons. The summed E-state index contributed by atoms with van der Waals surface area (Å²) < 4.78 is 5.83. The normalized spacial score (nSPS) is 24.4. The number of nitrogens with zero attached hydrogens (tertiary/aromatic N) is 5. The number of hydrogen-bond donors (Lipinski definition) is 3. The molecule has 0 unspecified atom stereocenters. The Labute approximate surface area is 221 Å². The van der Waals surface area contributed by atoms with Gasteiger partial charge < -0.3 is 30.5 Å². The number of rotatable bonds is 6. The van der Waals surface area contributed by atoms with Crippen molar-refractivity contribution in [3.63, 3.8) is 0 Å². The average molecular weight is 535 g/mol. The summed E-state index contributed by atoms with van der Waals surface area (Å²) >= 11 is 7.88. The van der Waals surface area contributed by atoms with E-state index >= 15 is 0 Å². The minimum absolute atomic E-state index is 0.0275. The predicted octanol–water partition coefficient (Wildman–Crippen LogP) is 2.71. The lowest BCUT2D eigenvalue weighted by molar-refractivity contribution is 0.00438. The van der Waals surface area contributed by atoms with Gasteiger partial charge in [0.25, 0.3) is 0 Å². The molecular formula is C25H35ClN6O3S. The van der Waals surface area contributed by atoms with Crippen LogP contribution in [0, 0.1) is 11.3 Å². The van der Waals surface area contributed by atoms with E-state index < -0.39 is 5.60 Å². The zero-order valence-corrected chi connectivity index (χ0v) is 22.6. The van der Waals surface area contributed by atoms with Crippen LogP contribution >= 0.6 is 23.4 Å². The van der Waals surface area contributed by atoms with Gasteiger partial charge >= 0.3 is 0 Å². The van der Waals surface area contributed by atoms with Crippen LogP contribution in [0.3, 0.4) is 0 Å². The van der Waals surface area contributed by atoms with E-state index in [1.807, 2.05) is 32.9 Å². The van der Waals surface area contributed by atoms with Gasteiger partial charge in [-0.3, -0.25) is 0 Å². The number of hydrogen-bond acceptors (Lipinski definition) is 10. The van der Waals surface area contributed by atoms with E-state index in [-0.39, 0.29) is 30.1 Å². The highest BCUT2D eigenvalue weighted by atomic mass is 35.5. The van der Waals surface area contributed by atoms with Gasteiger partial charge in [-0.25, -0.2) is 15.0 Å². The summed E-state index contributed by atoms with van der Waals surface area (Å²) in [5, 5.41) is 21.3. The average Bonchev–Trinajstić information content (AvgIpc) is 3.08. The summed E-state index contributed by atoms with van der Waals surface area (Å²) in [6.07, 6.45) is 3.68. The number of aromatic nitrogens is 3.